The molecule has 3 heterocycles. The molecule has 0 bridgehead atoms. The van der Waals surface area contributed by atoms with Crippen molar-refractivity contribution in [2.24, 2.45) is 0 Å². The number of oxazole rings is 1. The minimum atomic E-state index is -0.452. The second-order valence-corrected chi connectivity index (χ2v) is 6.10. The molecule has 0 spiro atoms. The fraction of sp³-hybridized carbons (Fsp3) is 0.211. The number of hydrogen-bond donors (Lipinski definition) is 1. The van der Waals surface area contributed by atoms with Crippen LogP contribution in [0.3, 0.4) is 0 Å². The topological polar surface area (TPSA) is 116 Å². The molecule has 0 unspecified atom stereocenters. The van der Waals surface area contributed by atoms with E-state index in [1.807, 2.05) is 30.3 Å². The zero-order valence-corrected chi connectivity index (χ0v) is 15.2. The van der Waals surface area contributed by atoms with Crippen LogP contribution in [0.15, 0.2) is 51.6 Å². The number of benzene rings is 1. The number of hydrogen-bond acceptors (Lipinski definition) is 8. The normalized spacial score (nSPS) is 12.1. The number of amides is 1. The second-order valence-electron chi connectivity index (χ2n) is 6.10. The molecule has 0 aliphatic carbocycles. The maximum Gasteiger partial charge on any atom is 0.273 e. The molecule has 9 nitrogen and oxygen atoms in total. The lowest BCUT2D eigenvalue weighted by Crippen LogP contribution is -2.27. The molecular formula is C19H17N5O4. The Kier molecular flexibility index (Phi) is 4.71. The highest BCUT2D eigenvalue weighted by Crippen LogP contribution is 2.23. The van der Waals surface area contributed by atoms with Crippen LogP contribution < -0.4 is 10.1 Å². The van der Waals surface area contributed by atoms with Crippen molar-refractivity contribution >= 4 is 16.8 Å². The SMILES string of the molecule is Cc1nnc([C@@H](C)NC(=O)c2coc(COc3cccc4cccnc34)n2)o1. The van der Waals surface area contributed by atoms with Gasteiger partial charge in [0, 0.05) is 18.5 Å². The third kappa shape index (κ3) is 3.68. The molecule has 0 fully saturated rings. The van der Waals surface area contributed by atoms with Crippen molar-refractivity contribution in [1.29, 1.82) is 0 Å². The molecule has 1 amide bonds. The number of aromatic nitrogens is 4. The zero-order chi connectivity index (χ0) is 19.5. The van der Waals surface area contributed by atoms with Gasteiger partial charge in [-0.2, -0.15) is 0 Å². The van der Waals surface area contributed by atoms with Gasteiger partial charge >= 0.3 is 0 Å². The highest BCUT2D eigenvalue weighted by atomic mass is 16.5. The average Bonchev–Trinajstić information content (AvgIpc) is 3.35. The standard InChI is InChI=1S/C19H17N5O4/c1-11(19-24-23-12(2)28-19)21-18(25)14-9-27-16(22-14)10-26-15-7-3-5-13-6-4-8-20-17(13)15/h3-9,11H,10H2,1-2H3,(H,21,25)/t11-/m1/s1. The molecule has 0 radical (unpaired) electrons. The Hall–Kier alpha value is -3.75. The van der Waals surface area contributed by atoms with Crippen LogP contribution >= 0.6 is 0 Å². The van der Waals surface area contributed by atoms with E-state index in [2.05, 4.69) is 25.5 Å². The summed E-state index contributed by atoms with van der Waals surface area (Å²) in [6.07, 6.45) is 2.98. The average molecular weight is 379 g/mol. The quantitative estimate of drug-likeness (QED) is 0.543. The third-order valence-electron chi connectivity index (χ3n) is 3.99. The number of carbonyl (C=O) groups excluding carboxylic acids is 1. The first-order valence-corrected chi connectivity index (χ1v) is 8.62. The van der Waals surface area contributed by atoms with Crippen LogP contribution in [-0.2, 0) is 6.61 Å². The summed E-state index contributed by atoms with van der Waals surface area (Å²) in [6.45, 7) is 3.49. The molecule has 1 N–H and O–H groups in total. The molecule has 1 atom stereocenters. The lowest BCUT2D eigenvalue weighted by molar-refractivity contribution is 0.0928. The summed E-state index contributed by atoms with van der Waals surface area (Å²) in [5, 5.41) is 11.3. The van der Waals surface area contributed by atoms with Gasteiger partial charge in [-0.15, -0.1) is 10.2 Å². The summed E-state index contributed by atoms with van der Waals surface area (Å²) in [6, 6.07) is 9.02. The first-order valence-electron chi connectivity index (χ1n) is 8.62. The van der Waals surface area contributed by atoms with Crippen LogP contribution in [-0.4, -0.2) is 26.1 Å². The first kappa shape index (κ1) is 17.7. The van der Waals surface area contributed by atoms with E-state index in [4.69, 9.17) is 13.6 Å². The molecule has 28 heavy (non-hydrogen) atoms. The maximum atomic E-state index is 12.3. The molecule has 0 aliphatic heterocycles. The van der Waals surface area contributed by atoms with Gasteiger partial charge in [0.2, 0.25) is 17.7 Å². The summed E-state index contributed by atoms with van der Waals surface area (Å²) in [7, 11) is 0. The monoisotopic (exact) mass is 379 g/mol. The van der Waals surface area contributed by atoms with Crippen LogP contribution in [0.25, 0.3) is 10.9 Å². The van der Waals surface area contributed by atoms with Crippen LogP contribution in [0, 0.1) is 6.92 Å². The molecule has 0 saturated carbocycles. The molecule has 9 heteroatoms. The number of carbonyl (C=O) groups is 1. The first-order chi connectivity index (χ1) is 13.6. The smallest absolute Gasteiger partial charge is 0.273 e. The van der Waals surface area contributed by atoms with Crippen molar-refractivity contribution in [2.45, 2.75) is 26.5 Å². The van der Waals surface area contributed by atoms with Gasteiger partial charge in [-0.05, 0) is 19.1 Å². The van der Waals surface area contributed by atoms with E-state index in [0.29, 0.717) is 17.5 Å². The molecule has 1 aromatic carbocycles. The van der Waals surface area contributed by atoms with Crippen LogP contribution in [0.1, 0.15) is 41.1 Å². The number of ether oxygens (including phenoxy) is 1. The van der Waals surface area contributed by atoms with Gasteiger partial charge in [-0.3, -0.25) is 9.78 Å². The number of nitrogens with zero attached hydrogens (tertiary/aromatic N) is 4. The van der Waals surface area contributed by atoms with Gasteiger partial charge in [0.25, 0.3) is 5.91 Å². The van der Waals surface area contributed by atoms with Gasteiger partial charge in [-0.25, -0.2) is 4.98 Å². The molecule has 0 saturated heterocycles. The van der Waals surface area contributed by atoms with Gasteiger partial charge in [0.05, 0.1) is 0 Å². The highest BCUT2D eigenvalue weighted by Gasteiger charge is 2.19. The molecule has 4 aromatic rings. The van der Waals surface area contributed by atoms with Crippen LogP contribution in [0.4, 0.5) is 0 Å². The van der Waals surface area contributed by atoms with E-state index in [1.54, 1.807) is 20.0 Å². The van der Waals surface area contributed by atoms with E-state index >= 15 is 0 Å². The minimum absolute atomic E-state index is 0.0708. The van der Waals surface area contributed by atoms with Gasteiger partial charge in [-0.1, -0.05) is 18.2 Å². The highest BCUT2D eigenvalue weighted by molar-refractivity contribution is 5.92. The molecule has 4 rings (SSSR count). The lowest BCUT2D eigenvalue weighted by Gasteiger charge is -2.07. The molecule has 142 valence electrons. The van der Waals surface area contributed by atoms with E-state index < -0.39 is 11.9 Å². The minimum Gasteiger partial charge on any atom is -0.482 e. The maximum absolute atomic E-state index is 12.3. The number of nitrogens with one attached hydrogen (secondary N) is 1. The summed E-state index contributed by atoms with van der Waals surface area (Å²) < 4.78 is 16.4. The molecule has 0 aliphatic rings. The van der Waals surface area contributed by atoms with Gasteiger partial charge < -0.3 is 18.9 Å². The Labute approximate surface area is 159 Å². The van der Waals surface area contributed by atoms with Crippen LogP contribution in [0.2, 0.25) is 0 Å². The Morgan fingerprint density at radius 3 is 2.93 bits per heavy atom. The number of pyridine rings is 1. The zero-order valence-electron chi connectivity index (χ0n) is 15.2. The van der Waals surface area contributed by atoms with E-state index in [9.17, 15) is 4.79 Å². The van der Waals surface area contributed by atoms with Gasteiger partial charge in [0.1, 0.15) is 23.6 Å². The predicted molar refractivity (Wildman–Crippen MR) is 97.5 cm³/mol. The Morgan fingerprint density at radius 2 is 2.11 bits per heavy atom. The van der Waals surface area contributed by atoms with E-state index in [1.165, 1.54) is 6.26 Å². The van der Waals surface area contributed by atoms with Crippen molar-refractivity contribution in [1.82, 2.24) is 25.5 Å². The summed E-state index contributed by atoms with van der Waals surface area (Å²) in [5.41, 5.74) is 0.885. The van der Waals surface area contributed by atoms with Crippen molar-refractivity contribution in [2.75, 3.05) is 0 Å². The van der Waals surface area contributed by atoms with Crippen molar-refractivity contribution in [3.63, 3.8) is 0 Å². The van der Waals surface area contributed by atoms with E-state index in [-0.39, 0.29) is 18.2 Å². The number of aryl methyl sites for hydroxylation is 1. The Bertz CT molecular complexity index is 1110. The second kappa shape index (κ2) is 7.47. The predicted octanol–water partition coefficient (Wildman–Crippen LogP) is 2.98. The van der Waals surface area contributed by atoms with Crippen molar-refractivity contribution < 1.29 is 18.4 Å². The Balaban J connectivity index is 1.40. The lowest BCUT2D eigenvalue weighted by atomic mass is 10.2. The summed E-state index contributed by atoms with van der Waals surface area (Å²) in [5.74, 6) is 1.23. The molecular weight excluding hydrogens is 362 g/mol. The number of fused-ring (bicyclic) bond motifs is 1. The van der Waals surface area contributed by atoms with Gasteiger partial charge in [0.15, 0.2) is 12.3 Å². The third-order valence-corrected chi connectivity index (χ3v) is 3.99. The summed E-state index contributed by atoms with van der Waals surface area (Å²) >= 11 is 0. The molecule has 3 aromatic heterocycles. The Morgan fingerprint density at radius 1 is 1.25 bits per heavy atom. The fourth-order valence-corrected chi connectivity index (χ4v) is 2.63. The van der Waals surface area contributed by atoms with Crippen molar-refractivity contribution in [3.8, 4) is 5.75 Å². The van der Waals surface area contributed by atoms with Crippen molar-refractivity contribution in [3.05, 3.63) is 66.2 Å². The van der Waals surface area contributed by atoms with E-state index in [0.717, 1.165) is 10.9 Å². The fourth-order valence-electron chi connectivity index (χ4n) is 2.63. The number of rotatable bonds is 6. The largest absolute Gasteiger partial charge is 0.482 e. The van der Waals surface area contributed by atoms with Crippen LogP contribution in [0.5, 0.6) is 5.75 Å². The number of para-hydroxylation sites is 1. The summed E-state index contributed by atoms with van der Waals surface area (Å²) in [4.78, 5) is 20.8.